The topological polar surface area (TPSA) is 128 Å². The maximum absolute atomic E-state index is 13.7. The number of carbonyl (C=O) groups is 1. The van der Waals surface area contributed by atoms with Crippen molar-refractivity contribution in [3.05, 3.63) is 92.6 Å². The molecule has 1 aliphatic heterocycles. The molecule has 2 N–H and O–H groups in total. The maximum Gasteiger partial charge on any atom is 0.312 e. The highest BCUT2D eigenvalue weighted by Gasteiger charge is 2.35. The lowest BCUT2D eigenvalue weighted by atomic mass is 9.85. The number of methoxy groups -OCH3 is 2. The average molecular weight is 511 g/mol. The second-order valence-corrected chi connectivity index (χ2v) is 8.93. The molecule has 0 fully saturated rings. The van der Waals surface area contributed by atoms with Crippen LogP contribution in [0.15, 0.2) is 74.9 Å². The predicted octanol–water partition coefficient (Wildman–Crippen LogP) is 4.47. The number of carbonyl (C=O) groups excluding carboxylic acids is 1. The average Bonchev–Trinajstić information content (AvgIpc) is 2.91. The third kappa shape index (κ3) is 3.59. The summed E-state index contributed by atoms with van der Waals surface area (Å²) in [6.07, 6.45) is 1.14. The van der Waals surface area contributed by atoms with Crippen molar-refractivity contribution in [3.63, 3.8) is 0 Å². The molecule has 0 spiro atoms. The van der Waals surface area contributed by atoms with Gasteiger partial charge in [-0.05, 0) is 35.2 Å². The largest absolute Gasteiger partial charge is 0.507 e. The van der Waals surface area contributed by atoms with Gasteiger partial charge in [-0.15, -0.1) is 0 Å². The summed E-state index contributed by atoms with van der Waals surface area (Å²) in [5.74, 6) is -0.803. The lowest BCUT2D eigenvalue weighted by molar-refractivity contribution is -0.135. The predicted molar refractivity (Wildman–Crippen MR) is 139 cm³/mol. The van der Waals surface area contributed by atoms with Gasteiger partial charge in [0.15, 0.2) is 11.5 Å². The van der Waals surface area contributed by atoms with Gasteiger partial charge >= 0.3 is 5.97 Å². The number of pyridine rings is 1. The van der Waals surface area contributed by atoms with Crippen molar-refractivity contribution < 1.29 is 28.5 Å². The number of ether oxygens (including phenoxy) is 3. The number of esters is 1. The Morgan fingerprint density at radius 3 is 2.55 bits per heavy atom. The highest BCUT2D eigenvalue weighted by molar-refractivity contribution is 5.94. The normalized spacial score (nSPS) is 14.8. The fraction of sp³-hybridized carbons (Fsp3) is 0.138. The van der Waals surface area contributed by atoms with Gasteiger partial charge in [-0.25, -0.2) is 0 Å². The van der Waals surface area contributed by atoms with Crippen LogP contribution >= 0.6 is 0 Å². The van der Waals surface area contributed by atoms with Crippen LogP contribution in [0.4, 0.5) is 0 Å². The number of aromatic hydroxyl groups is 1. The number of rotatable bonds is 4. The molecule has 5 aromatic rings. The van der Waals surface area contributed by atoms with Gasteiger partial charge in [0, 0.05) is 28.6 Å². The number of phenols is 1. The standard InChI is InChI=1S/C29H21NO8/c1-35-21-8-7-14(10-22(21)36-2)18-13-37-28-25-16(17-9-15-5-3-4-6-19(15)30-29(17)34)11-24(32)38-23(25)12-20(31)26(28)27(18)33/h3-10,12-13,16,31H,11H2,1-2H3,(H,30,34). The molecule has 6 rings (SSSR count). The Hall–Kier alpha value is -5.05. The molecular weight excluding hydrogens is 490 g/mol. The fourth-order valence-electron chi connectivity index (χ4n) is 5.02. The minimum atomic E-state index is -0.766. The van der Waals surface area contributed by atoms with Crippen LogP contribution in [-0.4, -0.2) is 30.3 Å². The number of para-hydroxylation sites is 1. The number of phenolic OH excluding ortho intramolecular Hbond substituents is 1. The van der Waals surface area contributed by atoms with Crippen molar-refractivity contribution in [2.24, 2.45) is 0 Å². The van der Waals surface area contributed by atoms with Crippen LogP contribution in [0.2, 0.25) is 0 Å². The number of hydrogen-bond acceptors (Lipinski definition) is 8. The van der Waals surface area contributed by atoms with Crippen LogP contribution in [-0.2, 0) is 4.79 Å². The van der Waals surface area contributed by atoms with Gasteiger partial charge in [0.25, 0.3) is 5.56 Å². The zero-order valence-corrected chi connectivity index (χ0v) is 20.4. The monoisotopic (exact) mass is 511 g/mol. The van der Waals surface area contributed by atoms with E-state index in [4.69, 9.17) is 18.6 Å². The van der Waals surface area contributed by atoms with E-state index in [1.165, 1.54) is 26.5 Å². The molecule has 0 saturated carbocycles. The molecule has 9 heteroatoms. The van der Waals surface area contributed by atoms with Crippen LogP contribution in [0.3, 0.4) is 0 Å². The summed E-state index contributed by atoms with van der Waals surface area (Å²) >= 11 is 0. The van der Waals surface area contributed by atoms with Crippen molar-refractivity contribution in [1.82, 2.24) is 4.98 Å². The lowest BCUT2D eigenvalue weighted by Crippen LogP contribution is -2.26. The summed E-state index contributed by atoms with van der Waals surface area (Å²) in [5.41, 5.74) is 1.16. The molecule has 3 heterocycles. The number of aromatic amines is 1. The highest BCUT2D eigenvalue weighted by atomic mass is 16.5. The molecule has 1 aliphatic rings. The van der Waals surface area contributed by atoms with Crippen LogP contribution in [0.5, 0.6) is 23.0 Å². The van der Waals surface area contributed by atoms with E-state index in [0.717, 1.165) is 5.39 Å². The van der Waals surface area contributed by atoms with E-state index in [2.05, 4.69) is 4.98 Å². The molecule has 1 unspecified atom stereocenters. The van der Waals surface area contributed by atoms with E-state index in [9.17, 15) is 19.5 Å². The smallest absolute Gasteiger partial charge is 0.312 e. The van der Waals surface area contributed by atoms with Crippen molar-refractivity contribution in [2.45, 2.75) is 12.3 Å². The third-order valence-electron chi connectivity index (χ3n) is 6.82. The zero-order chi connectivity index (χ0) is 26.6. The number of nitrogens with one attached hydrogen (secondary N) is 1. The van der Waals surface area contributed by atoms with E-state index < -0.39 is 23.1 Å². The van der Waals surface area contributed by atoms with E-state index in [1.54, 1.807) is 30.3 Å². The number of hydrogen-bond donors (Lipinski definition) is 2. The van der Waals surface area contributed by atoms with Crippen molar-refractivity contribution in [2.75, 3.05) is 14.2 Å². The molecular formula is C29H21NO8. The molecule has 0 aliphatic carbocycles. The van der Waals surface area contributed by atoms with Gasteiger partial charge in [-0.3, -0.25) is 14.4 Å². The summed E-state index contributed by atoms with van der Waals surface area (Å²) < 4.78 is 22.0. The second-order valence-electron chi connectivity index (χ2n) is 8.93. The first-order valence-corrected chi connectivity index (χ1v) is 11.8. The number of fused-ring (bicyclic) bond motifs is 4. The molecule has 0 radical (unpaired) electrons. The number of benzene rings is 3. The van der Waals surface area contributed by atoms with Crippen LogP contribution in [0.25, 0.3) is 33.0 Å². The molecule has 0 saturated heterocycles. The molecule has 9 nitrogen and oxygen atoms in total. The summed E-state index contributed by atoms with van der Waals surface area (Å²) in [6.45, 7) is 0. The molecule has 1 atom stereocenters. The zero-order valence-electron chi connectivity index (χ0n) is 20.4. The van der Waals surface area contributed by atoms with E-state index in [1.807, 2.05) is 18.2 Å². The van der Waals surface area contributed by atoms with Gasteiger partial charge in [-0.2, -0.15) is 0 Å². The van der Waals surface area contributed by atoms with Gasteiger partial charge in [0.2, 0.25) is 5.43 Å². The van der Waals surface area contributed by atoms with Gasteiger partial charge in [0.1, 0.15) is 28.7 Å². The quantitative estimate of drug-likeness (QED) is 0.267. The molecule has 190 valence electrons. The fourth-order valence-corrected chi connectivity index (χ4v) is 5.02. The summed E-state index contributed by atoms with van der Waals surface area (Å²) in [4.78, 5) is 42.1. The van der Waals surface area contributed by atoms with Crippen LogP contribution in [0, 0.1) is 0 Å². The number of H-pyrrole nitrogens is 1. The molecule has 0 bridgehead atoms. The van der Waals surface area contributed by atoms with Crippen molar-refractivity contribution >= 4 is 27.8 Å². The molecule has 3 aromatic carbocycles. The molecule has 38 heavy (non-hydrogen) atoms. The molecule has 0 amide bonds. The van der Waals surface area contributed by atoms with Gasteiger partial charge < -0.3 is 28.7 Å². The minimum Gasteiger partial charge on any atom is -0.507 e. The van der Waals surface area contributed by atoms with Crippen molar-refractivity contribution in [3.8, 4) is 34.1 Å². The highest BCUT2D eigenvalue weighted by Crippen LogP contribution is 2.45. The first kappa shape index (κ1) is 23.4. The Labute approximate surface area is 214 Å². The Morgan fingerprint density at radius 2 is 1.76 bits per heavy atom. The van der Waals surface area contributed by atoms with Crippen molar-refractivity contribution in [1.29, 1.82) is 0 Å². The van der Waals surface area contributed by atoms with Crippen LogP contribution in [0.1, 0.15) is 23.5 Å². The third-order valence-corrected chi connectivity index (χ3v) is 6.82. The van der Waals surface area contributed by atoms with E-state index in [-0.39, 0.29) is 34.3 Å². The second kappa shape index (κ2) is 8.81. The minimum absolute atomic E-state index is 0.0332. The van der Waals surface area contributed by atoms with Crippen LogP contribution < -0.4 is 25.2 Å². The SMILES string of the molecule is COc1ccc(-c2coc3c4c(cc(O)c3c2=O)OC(=O)CC4c2cc3ccccc3[nH]c2=O)cc1OC. The van der Waals surface area contributed by atoms with E-state index in [0.29, 0.717) is 33.7 Å². The number of aromatic nitrogens is 1. The lowest BCUT2D eigenvalue weighted by Gasteiger charge is -2.25. The Morgan fingerprint density at radius 1 is 0.974 bits per heavy atom. The summed E-state index contributed by atoms with van der Waals surface area (Å²) in [5, 5.41) is 11.5. The Kier molecular flexibility index (Phi) is 5.41. The Balaban J connectivity index is 1.59. The Bertz CT molecular complexity index is 1880. The summed E-state index contributed by atoms with van der Waals surface area (Å²) in [7, 11) is 2.99. The first-order valence-electron chi connectivity index (χ1n) is 11.8. The maximum atomic E-state index is 13.7. The van der Waals surface area contributed by atoms with Gasteiger partial charge in [0.05, 0.1) is 26.2 Å². The van der Waals surface area contributed by atoms with Gasteiger partial charge in [-0.1, -0.05) is 24.3 Å². The first-order chi connectivity index (χ1) is 18.4. The molecule has 2 aromatic heterocycles. The summed E-state index contributed by atoms with van der Waals surface area (Å²) in [6, 6.07) is 15.2. The van der Waals surface area contributed by atoms with E-state index >= 15 is 0 Å².